The number of hydrogen-bond acceptors (Lipinski definition) is 4. The van der Waals surface area contributed by atoms with E-state index in [4.69, 9.17) is 4.43 Å². The van der Waals surface area contributed by atoms with Crippen LogP contribution in [0.25, 0.3) is 0 Å². The second-order valence-corrected chi connectivity index (χ2v) is 12.9. The standard InChI is InChI=1S/C12H21F3O4SSi/c1-11(2,3)21(4,5)19-10-7-6-9(8-10)18-20(16,17)12(13,14)15/h6,10H,7-8H2,1-5H3. The minimum atomic E-state index is -5.59. The number of halogens is 3. The molecule has 0 heterocycles. The predicted octanol–water partition coefficient (Wildman–Crippen LogP) is 3.92. The molecule has 9 heteroatoms. The van der Waals surface area contributed by atoms with Gasteiger partial charge in [0.25, 0.3) is 0 Å². The molecule has 1 atom stereocenters. The molecule has 0 fully saturated rings. The summed E-state index contributed by atoms with van der Waals surface area (Å²) in [6, 6.07) is 0. The lowest BCUT2D eigenvalue weighted by Crippen LogP contribution is -2.43. The lowest BCUT2D eigenvalue weighted by molar-refractivity contribution is -0.0524. The van der Waals surface area contributed by atoms with E-state index in [0.29, 0.717) is 6.42 Å². The van der Waals surface area contributed by atoms with Gasteiger partial charge in [-0.15, -0.1) is 0 Å². The molecule has 0 aromatic carbocycles. The van der Waals surface area contributed by atoms with Crippen molar-refractivity contribution in [3.63, 3.8) is 0 Å². The van der Waals surface area contributed by atoms with Gasteiger partial charge < -0.3 is 8.61 Å². The highest BCUT2D eigenvalue weighted by Gasteiger charge is 2.49. The van der Waals surface area contributed by atoms with E-state index in [2.05, 4.69) is 4.18 Å². The van der Waals surface area contributed by atoms with Gasteiger partial charge in [-0.3, -0.25) is 0 Å². The molecular formula is C12H21F3O4SSi. The van der Waals surface area contributed by atoms with Crippen molar-refractivity contribution < 1.29 is 30.2 Å². The van der Waals surface area contributed by atoms with Gasteiger partial charge in [0.05, 0.1) is 6.10 Å². The fraction of sp³-hybridized carbons (Fsp3) is 0.833. The quantitative estimate of drug-likeness (QED) is 0.440. The highest BCUT2D eigenvalue weighted by atomic mass is 32.2. The maximum absolute atomic E-state index is 12.2. The van der Waals surface area contributed by atoms with Gasteiger partial charge in [0.1, 0.15) is 5.76 Å². The number of alkyl halides is 3. The minimum Gasteiger partial charge on any atom is -0.413 e. The van der Waals surface area contributed by atoms with Gasteiger partial charge in [-0.1, -0.05) is 20.8 Å². The average molecular weight is 346 g/mol. The van der Waals surface area contributed by atoms with Crippen LogP contribution in [-0.4, -0.2) is 28.3 Å². The molecule has 0 N–H and O–H groups in total. The van der Waals surface area contributed by atoms with E-state index in [1.165, 1.54) is 6.08 Å². The summed E-state index contributed by atoms with van der Waals surface area (Å²) in [5.74, 6) is -0.198. The first-order valence-corrected chi connectivity index (χ1v) is 10.8. The zero-order valence-electron chi connectivity index (χ0n) is 12.7. The first-order chi connectivity index (χ1) is 9.16. The molecule has 0 aromatic rings. The third-order valence-corrected chi connectivity index (χ3v) is 9.34. The van der Waals surface area contributed by atoms with Crippen LogP contribution in [0.4, 0.5) is 13.2 Å². The summed E-state index contributed by atoms with van der Waals surface area (Å²) >= 11 is 0. The Hall–Kier alpha value is -0.543. The Morgan fingerprint density at radius 2 is 1.76 bits per heavy atom. The molecule has 0 amide bonds. The Morgan fingerprint density at radius 3 is 2.19 bits per heavy atom. The second-order valence-electron chi connectivity index (χ2n) is 6.59. The van der Waals surface area contributed by atoms with Crippen molar-refractivity contribution in [1.29, 1.82) is 0 Å². The molecule has 0 radical (unpaired) electrons. The largest absolute Gasteiger partial charge is 0.534 e. The SMILES string of the molecule is CC(C)(C)[Si](C)(C)OC1CC=C(OS(=O)(=O)C(F)(F)F)C1. The normalized spacial score (nSPS) is 21.3. The van der Waals surface area contributed by atoms with E-state index >= 15 is 0 Å². The summed E-state index contributed by atoms with van der Waals surface area (Å²) in [4.78, 5) is 0. The third kappa shape index (κ3) is 4.46. The van der Waals surface area contributed by atoms with E-state index in [1.807, 2.05) is 33.9 Å². The van der Waals surface area contributed by atoms with Crippen LogP contribution >= 0.6 is 0 Å². The highest BCUT2D eigenvalue weighted by Crippen LogP contribution is 2.40. The molecule has 4 nitrogen and oxygen atoms in total. The maximum atomic E-state index is 12.2. The molecule has 1 rings (SSSR count). The van der Waals surface area contributed by atoms with Crippen molar-refractivity contribution in [1.82, 2.24) is 0 Å². The van der Waals surface area contributed by atoms with Crippen molar-refractivity contribution in [2.45, 2.75) is 63.4 Å². The Labute approximate surface area is 124 Å². The predicted molar refractivity (Wildman–Crippen MR) is 75.4 cm³/mol. The lowest BCUT2D eigenvalue weighted by atomic mass is 10.2. The number of rotatable bonds is 4. The molecule has 0 saturated carbocycles. The Morgan fingerprint density at radius 1 is 1.24 bits per heavy atom. The fourth-order valence-corrected chi connectivity index (χ4v) is 3.47. The van der Waals surface area contributed by atoms with Crippen molar-refractivity contribution >= 4 is 18.4 Å². The van der Waals surface area contributed by atoms with Gasteiger partial charge in [-0.05, 0) is 30.6 Å². The van der Waals surface area contributed by atoms with Crippen molar-refractivity contribution in [2.24, 2.45) is 0 Å². The van der Waals surface area contributed by atoms with Crippen molar-refractivity contribution in [3.05, 3.63) is 11.8 Å². The van der Waals surface area contributed by atoms with Crippen molar-refractivity contribution in [3.8, 4) is 0 Å². The van der Waals surface area contributed by atoms with Gasteiger partial charge in [-0.25, -0.2) is 0 Å². The van der Waals surface area contributed by atoms with E-state index < -0.39 is 23.9 Å². The maximum Gasteiger partial charge on any atom is 0.534 e. The Balaban J connectivity index is 2.66. The van der Waals surface area contributed by atoms with Gasteiger partial charge >= 0.3 is 15.6 Å². The van der Waals surface area contributed by atoms with E-state index in [1.54, 1.807) is 0 Å². The topological polar surface area (TPSA) is 52.6 Å². The van der Waals surface area contributed by atoms with Crippen LogP contribution in [0.5, 0.6) is 0 Å². The summed E-state index contributed by atoms with van der Waals surface area (Å²) in [7, 11) is -7.64. The first kappa shape index (κ1) is 18.5. The molecular weight excluding hydrogens is 325 g/mol. The zero-order chi connectivity index (χ0) is 16.7. The molecule has 1 aliphatic rings. The van der Waals surface area contributed by atoms with Gasteiger partial charge in [0.15, 0.2) is 8.32 Å². The molecule has 0 aromatic heterocycles. The Kier molecular flexibility index (Phi) is 4.92. The van der Waals surface area contributed by atoms with E-state index in [9.17, 15) is 21.6 Å². The second kappa shape index (κ2) is 5.58. The first-order valence-electron chi connectivity index (χ1n) is 6.53. The molecule has 0 bridgehead atoms. The molecule has 0 aliphatic heterocycles. The van der Waals surface area contributed by atoms with E-state index in [-0.39, 0.29) is 23.3 Å². The van der Waals surface area contributed by atoms with Gasteiger partial charge in [-0.2, -0.15) is 21.6 Å². The molecule has 21 heavy (non-hydrogen) atoms. The minimum absolute atomic E-state index is 0.0331. The lowest BCUT2D eigenvalue weighted by Gasteiger charge is -2.38. The smallest absolute Gasteiger partial charge is 0.413 e. The third-order valence-electron chi connectivity index (χ3n) is 3.80. The summed E-state index contributed by atoms with van der Waals surface area (Å²) in [5, 5.41) is -0.0331. The van der Waals surface area contributed by atoms with Crippen LogP contribution in [0.15, 0.2) is 11.8 Å². The average Bonchev–Trinajstić information content (AvgIpc) is 2.60. The van der Waals surface area contributed by atoms with Crippen molar-refractivity contribution in [2.75, 3.05) is 0 Å². The van der Waals surface area contributed by atoms with Crippen LogP contribution in [-0.2, 0) is 18.7 Å². The Bertz CT molecular complexity index is 518. The molecule has 1 unspecified atom stereocenters. The van der Waals surface area contributed by atoms with Crippen LogP contribution in [0, 0.1) is 0 Å². The molecule has 0 saturated heterocycles. The highest BCUT2D eigenvalue weighted by molar-refractivity contribution is 7.87. The van der Waals surface area contributed by atoms with Crippen LogP contribution < -0.4 is 0 Å². The number of hydrogen-bond donors (Lipinski definition) is 0. The van der Waals surface area contributed by atoms with Crippen LogP contribution in [0.3, 0.4) is 0 Å². The van der Waals surface area contributed by atoms with Crippen LogP contribution in [0.2, 0.25) is 18.1 Å². The van der Waals surface area contributed by atoms with Crippen LogP contribution in [0.1, 0.15) is 33.6 Å². The summed E-state index contributed by atoms with van der Waals surface area (Å²) < 4.78 is 68.8. The summed E-state index contributed by atoms with van der Waals surface area (Å²) in [6.45, 7) is 10.2. The molecule has 124 valence electrons. The van der Waals surface area contributed by atoms with Gasteiger partial charge in [0.2, 0.25) is 0 Å². The zero-order valence-corrected chi connectivity index (χ0v) is 14.6. The molecule has 1 aliphatic carbocycles. The van der Waals surface area contributed by atoms with Gasteiger partial charge in [0, 0.05) is 6.42 Å². The molecule has 0 spiro atoms. The summed E-state index contributed by atoms with van der Waals surface area (Å²) in [5.41, 5.74) is -5.41. The summed E-state index contributed by atoms with van der Waals surface area (Å²) in [6.07, 6.45) is 1.42. The fourth-order valence-electron chi connectivity index (χ4n) is 1.59. The van der Waals surface area contributed by atoms with E-state index in [0.717, 1.165) is 0 Å². The monoisotopic (exact) mass is 346 g/mol.